The Balaban J connectivity index is 0.000000371. The van der Waals surface area contributed by atoms with Crippen LogP contribution in [0.3, 0.4) is 0 Å². The summed E-state index contributed by atoms with van der Waals surface area (Å²) in [6.07, 6.45) is -1.48. The maximum atomic E-state index is 11.7. The number of hydrogen-bond acceptors (Lipinski definition) is 1. The van der Waals surface area contributed by atoms with Crippen LogP contribution in [0.1, 0.15) is 20.3 Å². The normalized spacial score (nSPS) is 24.3. The van der Waals surface area contributed by atoms with Crippen molar-refractivity contribution < 1.29 is 8.78 Å². The highest BCUT2D eigenvalue weighted by atomic mass is 19.3. The molecule has 0 saturated carbocycles. The second kappa shape index (κ2) is 5.59. The van der Waals surface area contributed by atoms with Crippen LogP contribution in [0.25, 0.3) is 0 Å². The van der Waals surface area contributed by atoms with Crippen LogP contribution in [-0.4, -0.2) is 19.5 Å². The summed E-state index contributed by atoms with van der Waals surface area (Å²) in [5.41, 5.74) is 0. The third-order valence-corrected chi connectivity index (χ3v) is 1.45. The minimum atomic E-state index is -2.12. The molecule has 1 fully saturated rings. The van der Waals surface area contributed by atoms with Crippen molar-refractivity contribution in [1.29, 1.82) is 0 Å². The van der Waals surface area contributed by atoms with Gasteiger partial charge in [0.25, 0.3) is 0 Å². The van der Waals surface area contributed by atoms with Crippen LogP contribution >= 0.6 is 0 Å². The molecular formula is C7H15F2N. The van der Waals surface area contributed by atoms with Crippen molar-refractivity contribution in [2.75, 3.05) is 13.1 Å². The first-order valence-corrected chi connectivity index (χ1v) is 3.79. The summed E-state index contributed by atoms with van der Waals surface area (Å²) >= 11 is 0. The highest BCUT2D eigenvalue weighted by Gasteiger charge is 2.23. The van der Waals surface area contributed by atoms with Crippen LogP contribution in [0.5, 0.6) is 0 Å². The fourth-order valence-electron chi connectivity index (χ4n) is 0.892. The molecule has 0 aromatic rings. The van der Waals surface area contributed by atoms with Gasteiger partial charge >= 0.3 is 0 Å². The van der Waals surface area contributed by atoms with E-state index in [0.29, 0.717) is 13.0 Å². The number of nitrogens with one attached hydrogen (secondary N) is 1. The molecule has 0 aromatic heterocycles. The van der Waals surface area contributed by atoms with E-state index in [1.165, 1.54) is 0 Å². The minimum Gasteiger partial charge on any atom is -0.316 e. The lowest BCUT2D eigenvalue weighted by atomic mass is 10.1. The molecule has 1 N–H and O–H groups in total. The molecule has 1 nitrogen and oxygen atoms in total. The van der Waals surface area contributed by atoms with E-state index in [9.17, 15) is 8.78 Å². The zero-order valence-corrected chi connectivity index (χ0v) is 6.53. The first-order valence-electron chi connectivity index (χ1n) is 3.79. The molecule has 0 aliphatic carbocycles. The number of alkyl halides is 2. The Kier molecular flexibility index (Phi) is 5.49. The van der Waals surface area contributed by atoms with Gasteiger partial charge in [-0.1, -0.05) is 13.8 Å². The summed E-state index contributed by atoms with van der Waals surface area (Å²) in [7, 11) is 0. The Morgan fingerprint density at radius 1 is 1.40 bits per heavy atom. The summed E-state index contributed by atoms with van der Waals surface area (Å²) < 4.78 is 23.4. The van der Waals surface area contributed by atoms with Gasteiger partial charge in [0, 0.05) is 12.5 Å². The fraction of sp³-hybridized carbons (Fsp3) is 1.00. The van der Waals surface area contributed by atoms with Gasteiger partial charge in [-0.15, -0.1) is 0 Å². The van der Waals surface area contributed by atoms with Gasteiger partial charge in [0.2, 0.25) is 6.43 Å². The highest BCUT2D eigenvalue weighted by molar-refractivity contribution is 4.72. The van der Waals surface area contributed by atoms with E-state index in [1.807, 2.05) is 13.8 Å². The van der Waals surface area contributed by atoms with Gasteiger partial charge in [-0.25, -0.2) is 8.78 Å². The number of halogens is 2. The summed E-state index contributed by atoms with van der Waals surface area (Å²) in [6.45, 7) is 5.26. The molecule has 1 rings (SSSR count). The first kappa shape index (κ1) is 9.82. The van der Waals surface area contributed by atoms with Gasteiger partial charge in [0.05, 0.1) is 0 Å². The fourth-order valence-corrected chi connectivity index (χ4v) is 0.892. The van der Waals surface area contributed by atoms with Gasteiger partial charge in [-0.3, -0.25) is 0 Å². The molecule has 1 saturated heterocycles. The predicted molar refractivity (Wildman–Crippen MR) is 38.3 cm³/mol. The van der Waals surface area contributed by atoms with Gasteiger partial charge < -0.3 is 5.32 Å². The molecule has 62 valence electrons. The zero-order valence-electron chi connectivity index (χ0n) is 6.53. The highest BCUT2D eigenvalue weighted by Crippen LogP contribution is 2.15. The van der Waals surface area contributed by atoms with Crippen molar-refractivity contribution in [3.05, 3.63) is 0 Å². The lowest BCUT2D eigenvalue weighted by molar-refractivity contribution is 0.0872. The molecule has 10 heavy (non-hydrogen) atoms. The standard InChI is InChI=1S/C5H9F2N.C2H6/c6-5(7)4-1-2-8-3-4;1-2/h4-5,8H,1-3H2;1-2H3. The van der Waals surface area contributed by atoms with E-state index in [2.05, 4.69) is 5.32 Å². The van der Waals surface area contributed by atoms with E-state index in [0.717, 1.165) is 6.54 Å². The number of rotatable bonds is 1. The Morgan fingerprint density at radius 2 is 2.00 bits per heavy atom. The maximum absolute atomic E-state index is 11.7. The molecule has 1 heterocycles. The zero-order chi connectivity index (χ0) is 7.98. The Morgan fingerprint density at radius 3 is 2.20 bits per heavy atom. The second-order valence-electron chi connectivity index (χ2n) is 2.09. The molecule has 3 heteroatoms. The molecule has 0 bridgehead atoms. The summed E-state index contributed by atoms with van der Waals surface area (Å²) in [4.78, 5) is 0. The quantitative estimate of drug-likeness (QED) is 0.603. The summed E-state index contributed by atoms with van der Waals surface area (Å²) in [5, 5.41) is 2.87. The van der Waals surface area contributed by atoms with Crippen LogP contribution in [0.2, 0.25) is 0 Å². The van der Waals surface area contributed by atoms with Crippen LogP contribution < -0.4 is 5.32 Å². The Hall–Kier alpha value is -0.180. The van der Waals surface area contributed by atoms with E-state index in [-0.39, 0.29) is 5.92 Å². The summed E-state index contributed by atoms with van der Waals surface area (Å²) in [6, 6.07) is 0. The molecule has 0 radical (unpaired) electrons. The molecule has 0 amide bonds. The SMILES string of the molecule is CC.FC(F)C1CCNC1. The van der Waals surface area contributed by atoms with Crippen molar-refractivity contribution >= 4 is 0 Å². The lowest BCUT2D eigenvalue weighted by Crippen LogP contribution is -2.14. The molecule has 1 aliphatic heterocycles. The van der Waals surface area contributed by atoms with Crippen molar-refractivity contribution in [2.24, 2.45) is 5.92 Å². The van der Waals surface area contributed by atoms with E-state index in [4.69, 9.17) is 0 Å². The average molecular weight is 151 g/mol. The van der Waals surface area contributed by atoms with Gasteiger partial charge in [0.15, 0.2) is 0 Å². The Labute approximate surface area is 60.8 Å². The smallest absolute Gasteiger partial charge is 0.242 e. The van der Waals surface area contributed by atoms with E-state index >= 15 is 0 Å². The van der Waals surface area contributed by atoms with Crippen molar-refractivity contribution in [3.8, 4) is 0 Å². The molecular weight excluding hydrogens is 136 g/mol. The third kappa shape index (κ3) is 3.11. The van der Waals surface area contributed by atoms with Crippen LogP contribution in [0.4, 0.5) is 8.78 Å². The van der Waals surface area contributed by atoms with Crippen LogP contribution in [0.15, 0.2) is 0 Å². The predicted octanol–water partition coefficient (Wildman–Crippen LogP) is 1.89. The lowest BCUT2D eigenvalue weighted by Gasteiger charge is -2.03. The molecule has 0 aromatic carbocycles. The Bertz CT molecular complexity index is 70.0. The van der Waals surface area contributed by atoms with Crippen LogP contribution in [-0.2, 0) is 0 Å². The first-order chi connectivity index (χ1) is 4.80. The van der Waals surface area contributed by atoms with Crippen LogP contribution in [0, 0.1) is 5.92 Å². The second-order valence-corrected chi connectivity index (χ2v) is 2.09. The molecule has 1 atom stereocenters. The monoisotopic (exact) mass is 151 g/mol. The maximum Gasteiger partial charge on any atom is 0.242 e. The van der Waals surface area contributed by atoms with Gasteiger partial charge in [-0.2, -0.15) is 0 Å². The molecule has 1 unspecified atom stereocenters. The van der Waals surface area contributed by atoms with Gasteiger partial charge in [0.1, 0.15) is 0 Å². The summed E-state index contributed by atoms with van der Waals surface area (Å²) in [5.74, 6) is -0.380. The van der Waals surface area contributed by atoms with Crippen molar-refractivity contribution in [3.63, 3.8) is 0 Å². The molecule has 0 spiro atoms. The molecule has 1 aliphatic rings. The van der Waals surface area contributed by atoms with E-state index < -0.39 is 6.43 Å². The minimum absolute atomic E-state index is 0.380. The van der Waals surface area contributed by atoms with Crippen molar-refractivity contribution in [1.82, 2.24) is 5.32 Å². The average Bonchev–Trinajstić information content (AvgIpc) is 2.42. The largest absolute Gasteiger partial charge is 0.316 e. The topological polar surface area (TPSA) is 12.0 Å². The third-order valence-electron chi connectivity index (χ3n) is 1.45. The van der Waals surface area contributed by atoms with Gasteiger partial charge in [-0.05, 0) is 13.0 Å². The van der Waals surface area contributed by atoms with Crippen molar-refractivity contribution in [2.45, 2.75) is 26.7 Å². The van der Waals surface area contributed by atoms with E-state index in [1.54, 1.807) is 0 Å². The number of hydrogen-bond donors (Lipinski definition) is 1.